The van der Waals surface area contributed by atoms with E-state index in [0.29, 0.717) is 18.7 Å². The van der Waals surface area contributed by atoms with E-state index in [1.165, 1.54) is 11.3 Å². The van der Waals surface area contributed by atoms with Gasteiger partial charge in [-0.3, -0.25) is 4.79 Å². The highest BCUT2D eigenvalue weighted by Crippen LogP contribution is 2.43. The van der Waals surface area contributed by atoms with Gasteiger partial charge in [-0.25, -0.2) is 4.79 Å². The van der Waals surface area contributed by atoms with Gasteiger partial charge in [-0.2, -0.15) is 0 Å². The van der Waals surface area contributed by atoms with Gasteiger partial charge in [0.2, 0.25) is 11.0 Å². The summed E-state index contributed by atoms with van der Waals surface area (Å²) in [6.45, 7) is 4.31. The van der Waals surface area contributed by atoms with Gasteiger partial charge in [0.25, 0.3) is 0 Å². The topological polar surface area (TPSA) is 66.8 Å². The van der Waals surface area contributed by atoms with E-state index in [1.807, 2.05) is 80.6 Å². The summed E-state index contributed by atoms with van der Waals surface area (Å²) in [5.74, 6) is 0.105. The molecule has 3 rings (SSSR count). The number of nitrogens with zero attached hydrogens (tertiary/aromatic N) is 1. The molecule has 0 radical (unpaired) electrons. The molecule has 6 heteroatoms. The van der Waals surface area contributed by atoms with E-state index < -0.39 is 6.16 Å². The minimum Gasteiger partial charge on any atom is -0.449 e. The van der Waals surface area contributed by atoms with Crippen LogP contribution in [-0.4, -0.2) is 17.2 Å². The summed E-state index contributed by atoms with van der Waals surface area (Å²) in [5.41, 5.74) is 2.37. The van der Waals surface area contributed by atoms with Crippen molar-refractivity contribution in [3.63, 3.8) is 0 Å². The van der Waals surface area contributed by atoms with E-state index in [-0.39, 0.29) is 16.9 Å². The second-order valence-electron chi connectivity index (χ2n) is 7.08. The molecule has 0 saturated carbocycles. The molecule has 29 heavy (non-hydrogen) atoms. The van der Waals surface area contributed by atoms with Crippen molar-refractivity contribution in [2.24, 2.45) is 5.92 Å². The highest BCUT2D eigenvalue weighted by atomic mass is 32.1. The molecule has 0 spiro atoms. The predicted octanol–water partition coefficient (Wildman–Crippen LogP) is 6.05. The van der Waals surface area contributed by atoms with E-state index in [2.05, 4.69) is 0 Å². The molecule has 0 atom stereocenters. The van der Waals surface area contributed by atoms with Gasteiger partial charge in [0, 0.05) is 11.3 Å². The molecule has 5 nitrogen and oxygen atoms in total. The van der Waals surface area contributed by atoms with Crippen LogP contribution in [0.3, 0.4) is 0 Å². The molecule has 0 fully saturated rings. The van der Waals surface area contributed by atoms with Crippen molar-refractivity contribution in [2.45, 2.75) is 26.8 Å². The standard InChI is InChI=1S/C23H23NO4S/c1-16(2)13-21(25)24(15-17-9-5-3-6-10-17)19-14-20(18-11-7-4-8-12-18)29-22(19)28-23(26)27/h3-12,14,16H,13,15H2,1-2H3,(H,26,27). The third-order valence-corrected chi connectivity index (χ3v) is 5.33. The Morgan fingerprint density at radius 2 is 1.66 bits per heavy atom. The van der Waals surface area contributed by atoms with Crippen LogP contribution in [0, 0.1) is 5.92 Å². The van der Waals surface area contributed by atoms with Crippen molar-refractivity contribution >= 4 is 29.1 Å². The van der Waals surface area contributed by atoms with Gasteiger partial charge >= 0.3 is 6.16 Å². The molecular formula is C23H23NO4S. The van der Waals surface area contributed by atoms with Crippen molar-refractivity contribution in [1.82, 2.24) is 0 Å². The predicted molar refractivity (Wildman–Crippen MR) is 115 cm³/mol. The molecule has 1 aromatic heterocycles. The first-order valence-electron chi connectivity index (χ1n) is 9.38. The SMILES string of the molecule is CC(C)CC(=O)N(Cc1ccccc1)c1cc(-c2ccccc2)sc1OC(=O)O. The Kier molecular flexibility index (Phi) is 6.67. The van der Waals surface area contributed by atoms with E-state index >= 15 is 0 Å². The average molecular weight is 410 g/mol. The first kappa shape index (κ1) is 20.6. The van der Waals surface area contributed by atoms with Crippen LogP contribution >= 0.6 is 11.3 Å². The van der Waals surface area contributed by atoms with Crippen LogP contribution in [0.2, 0.25) is 0 Å². The van der Waals surface area contributed by atoms with E-state index in [9.17, 15) is 14.7 Å². The molecule has 150 valence electrons. The number of rotatable bonds is 7. The van der Waals surface area contributed by atoms with E-state index in [4.69, 9.17) is 4.74 Å². The van der Waals surface area contributed by atoms with Gasteiger partial charge in [-0.1, -0.05) is 85.8 Å². The van der Waals surface area contributed by atoms with Crippen molar-refractivity contribution in [2.75, 3.05) is 4.90 Å². The molecule has 0 unspecified atom stereocenters. The number of carboxylic acid groups (broad SMARTS) is 1. The van der Waals surface area contributed by atoms with Gasteiger partial charge in [0.1, 0.15) is 0 Å². The number of carbonyl (C=O) groups excluding carboxylic acids is 1. The number of amides is 1. The van der Waals surface area contributed by atoms with Crippen LogP contribution in [-0.2, 0) is 11.3 Å². The van der Waals surface area contributed by atoms with Gasteiger partial charge in [0.15, 0.2) is 0 Å². The fraction of sp³-hybridized carbons (Fsp3) is 0.217. The highest BCUT2D eigenvalue weighted by Gasteiger charge is 2.25. The second-order valence-corrected chi connectivity index (χ2v) is 8.10. The minimum atomic E-state index is -1.40. The third-order valence-electron chi connectivity index (χ3n) is 4.28. The Hall–Kier alpha value is -3.12. The van der Waals surface area contributed by atoms with Crippen molar-refractivity contribution in [1.29, 1.82) is 0 Å². The van der Waals surface area contributed by atoms with Crippen LogP contribution in [0.5, 0.6) is 5.06 Å². The Labute approximate surface area is 174 Å². The van der Waals surface area contributed by atoms with Gasteiger partial charge in [0.05, 0.1) is 12.2 Å². The van der Waals surface area contributed by atoms with Crippen LogP contribution in [0.15, 0.2) is 66.7 Å². The number of benzene rings is 2. The van der Waals surface area contributed by atoms with Crippen LogP contribution in [0.25, 0.3) is 10.4 Å². The smallest absolute Gasteiger partial charge is 0.449 e. The molecule has 1 amide bonds. The molecule has 1 heterocycles. The number of anilines is 1. The molecule has 0 aliphatic heterocycles. The minimum absolute atomic E-state index is 0.0727. The molecule has 3 aromatic rings. The van der Waals surface area contributed by atoms with Crippen LogP contribution in [0.4, 0.5) is 10.5 Å². The number of hydrogen-bond acceptors (Lipinski definition) is 4. The molecule has 0 aliphatic rings. The van der Waals surface area contributed by atoms with Crippen molar-refractivity contribution in [3.05, 3.63) is 72.3 Å². The number of carbonyl (C=O) groups is 2. The zero-order chi connectivity index (χ0) is 20.8. The van der Waals surface area contributed by atoms with Crippen molar-refractivity contribution < 1.29 is 19.4 Å². The summed E-state index contributed by atoms with van der Waals surface area (Å²) in [5, 5.41) is 9.41. The fourth-order valence-corrected chi connectivity index (χ4v) is 3.99. The van der Waals surface area contributed by atoms with Gasteiger partial charge < -0.3 is 14.7 Å². The van der Waals surface area contributed by atoms with Crippen LogP contribution in [0.1, 0.15) is 25.8 Å². The summed E-state index contributed by atoms with van der Waals surface area (Å²) in [7, 11) is 0. The summed E-state index contributed by atoms with van der Waals surface area (Å²) >= 11 is 1.22. The quantitative estimate of drug-likeness (QED) is 0.482. The normalized spacial score (nSPS) is 10.7. The maximum absolute atomic E-state index is 13.1. The highest BCUT2D eigenvalue weighted by molar-refractivity contribution is 7.18. The molecule has 0 bridgehead atoms. The number of thiophene rings is 1. The summed E-state index contributed by atoms with van der Waals surface area (Å²) in [4.78, 5) is 26.8. The lowest BCUT2D eigenvalue weighted by Gasteiger charge is -2.23. The van der Waals surface area contributed by atoms with E-state index in [0.717, 1.165) is 16.0 Å². The molecular weight excluding hydrogens is 386 g/mol. The summed E-state index contributed by atoms with van der Waals surface area (Å²) in [6.07, 6.45) is -1.04. The van der Waals surface area contributed by atoms with Gasteiger partial charge in [-0.15, -0.1) is 0 Å². The van der Waals surface area contributed by atoms with E-state index in [1.54, 1.807) is 4.90 Å². The zero-order valence-electron chi connectivity index (χ0n) is 16.4. The monoisotopic (exact) mass is 409 g/mol. The molecule has 0 saturated heterocycles. The Morgan fingerprint density at radius 1 is 1.03 bits per heavy atom. The average Bonchev–Trinajstić information content (AvgIpc) is 3.09. The van der Waals surface area contributed by atoms with Crippen LogP contribution < -0.4 is 9.64 Å². The summed E-state index contributed by atoms with van der Waals surface area (Å²) in [6, 6.07) is 21.1. The Bertz CT molecular complexity index is 967. The Morgan fingerprint density at radius 3 is 2.24 bits per heavy atom. The number of ether oxygens (including phenoxy) is 1. The Balaban J connectivity index is 2.05. The van der Waals surface area contributed by atoms with Gasteiger partial charge in [-0.05, 0) is 23.1 Å². The maximum Gasteiger partial charge on any atom is 0.512 e. The number of hydrogen-bond donors (Lipinski definition) is 1. The van der Waals surface area contributed by atoms with Crippen molar-refractivity contribution in [3.8, 4) is 15.5 Å². The lowest BCUT2D eigenvalue weighted by Crippen LogP contribution is -2.31. The lowest BCUT2D eigenvalue weighted by molar-refractivity contribution is -0.119. The summed E-state index contributed by atoms with van der Waals surface area (Å²) < 4.78 is 5.06. The molecule has 1 N–H and O–H groups in total. The third kappa shape index (κ3) is 5.45. The molecule has 2 aromatic carbocycles. The lowest BCUT2D eigenvalue weighted by atomic mass is 10.1. The second kappa shape index (κ2) is 9.39. The fourth-order valence-electron chi connectivity index (χ4n) is 2.98. The molecule has 0 aliphatic carbocycles. The maximum atomic E-state index is 13.1. The first-order chi connectivity index (χ1) is 13.9. The first-order valence-corrected chi connectivity index (χ1v) is 10.2. The zero-order valence-corrected chi connectivity index (χ0v) is 17.2. The largest absolute Gasteiger partial charge is 0.512 e.